The summed E-state index contributed by atoms with van der Waals surface area (Å²) >= 11 is 0. The Balaban J connectivity index is 3.21. The predicted octanol–water partition coefficient (Wildman–Crippen LogP) is 0.986. The van der Waals surface area contributed by atoms with Gasteiger partial charge in [0.25, 0.3) is 0 Å². The summed E-state index contributed by atoms with van der Waals surface area (Å²) in [6.07, 6.45) is 0.272. The number of hydrogen-bond donors (Lipinski definition) is 2. The molecule has 0 radical (unpaired) electrons. The summed E-state index contributed by atoms with van der Waals surface area (Å²) in [6.45, 7) is -0.116. The topological polar surface area (TPSA) is 98.6 Å². The molecule has 1 aromatic carbocycles. The van der Waals surface area contributed by atoms with E-state index in [9.17, 15) is 10.1 Å². The molecule has 6 heteroatoms. The molecular formula is C10H14N2O4. The lowest BCUT2D eigenvalue weighted by molar-refractivity contribution is -0.386. The smallest absolute Gasteiger partial charge is 0.315 e. The molecule has 0 heterocycles. The molecule has 0 spiro atoms. The Morgan fingerprint density at radius 1 is 1.62 bits per heavy atom. The normalized spacial score (nSPS) is 12.2. The van der Waals surface area contributed by atoms with Crippen LogP contribution in [0, 0.1) is 10.1 Å². The van der Waals surface area contributed by atoms with Crippen LogP contribution in [0.4, 0.5) is 5.69 Å². The molecule has 16 heavy (non-hydrogen) atoms. The second-order valence-corrected chi connectivity index (χ2v) is 3.27. The van der Waals surface area contributed by atoms with E-state index in [1.807, 2.05) is 0 Å². The number of aliphatic hydroxyl groups is 1. The van der Waals surface area contributed by atoms with Gasteiger partial charge in [-0.15, -0.1) is 0 Å². The van der Waals surface area contributed by atoms with Gasteiger partial charge >= 0.3 is 5.69 Å². The maximum Gasteiger partial charge on any atom is 0.315 e. The number of nitro benzene ring substituents is 1. The van der Waals surface area contributed by atoms with Crippen molar-refractivity contribution in [2.24, 2.45) is 5.73 Å². The van der Waals surface area contributed by atoms with Crippen molar-refractivity contribution in [3.05, 3.63) is 33.9 Å². The summed E-state index contributed by atoms with van der Waals surface area (Å²) in [6, 6.07) is 4.15. The Labute approximate surface area is 92.8 Å². The van der Waals surface area contributed by atoms with Gasteiger partial charge in [-0.1, -0.05) is 12.1 Å². The maximum absolute atomic E-state index is 10.9. The number of methoxy groups -OCH3 is 1. The zero-order valence-electron chi connectivity index (χ0n) is 8.92. The Bertz CT molecular complexity index is 381. The maximum atomic E-state index is 10.9. The van der Waals surface area contributed by atoms with E-state index in [2.05, 4.69) is 0 Å². The van der Waals surface area contributed by atoms with Gasteiger partial charge in [0.15, 0.2) is 5.75 Å². The number of aliphatic hydroxyl groups excluding tert-OH is 1. The third-order valence-corrected chi connectivity index (χ3v) is 2.27. The number of hydrogen-bond acceptors (Lipinski definition) is 5. The quantitative estimate of drug-likeness (QED) is 0.576. The van der Waals surface area contributed by atoms with E-state index in [-0.39, 0.29) is 24.5 Å². The van der Waals surface area contributed by atoms with Crippen LogP contribution in [0.5, 0.6) is 5.75 Å². The Morgan fingerprint density at radius 3 is 2.81 bits per heavy atom. The highest BCUT2D eigenvalue weighted by Crippen LogP contribution is 2.34. The van der Waals surface area contributed by atoms with E-state index in [1.165, 1.54) is 13.2 Å². The van der Waals surface area contributed by atoms with Crippen molar-refractivity contribution in [2.45, 2.75) is 12.5 Å². The van der Waals surface area contributed by atoms with E-state index in [4.69, 9.17) is 15.6 Å². The number of rotatable bonds is 5. The molecule has 1 unspecified atom stereocenters. The summed E-state index contributed by atoms with van der Waals surface area (Å²) in [5.74, 6) is 0.177. The molecule has 88 valence electrons. The fraction of sp³-hybridized carbons (Fsp3) is 0.400. The molecule has 3 N–H and O–H groups in total. The lowest BCUT2D eigenvalue weighted by Crippen LogP contribution is -2.14. The highest BCUT2D eigenvalue weighted by molar-refractivity contribution is 5.53. The standard InChI is InChI=1S/C10H14N2O4/c1-16-9-4-2-3-7(8(11)5-6-13)10(9)12(14)15/h2-4,8,13H,5-6,11H2,1H3. The minimum Gasteiger partial charge on any atom is -0.490 e. The zero-order valence-corrected chi connectivity index (χ0v) is 8.92. The molecule has 0 saturated carbocycles. The van der Waals surface area contributed by atoms with E-state index in [0.29, 0.717) is 5.56 Å². The molecule has 0 bridgehead atoms. The van der Waals surface area contributed by atoms with Crippen LogP contribution in [0.3, 0.4) is 0 Å². The van der Waals surface area contributed by atoms with Crippen LogP contribution in [0.2, 0.25) is 0 Å². The highest BCUT2D eigenvalue weighted by Gasteiger charge is 2.23. The van der Waals surface area contributed by atoms with Crippen LogP contribution < -0.4 is 10.5 Å². The van der Waals surface area contributed by atoms with E-state index < -0.39 is 11.0 Å². The van der Waals surface area contributed by atoms with Crippen molar-refractivity contribution in [3.63, 3.8) is 0 Å². The first-order valence-corrected chi connectivity index (χ1v) is 4.79. The number of nitro groups is 1. The molecule has 0 saturated heterocycles. The van der Waals surface area contributed by atoms with Crippen molar-refractivity contribution in [1.29, 1.82) is 0 Å². The molecule has 0 aliphatic carbocycles. The van der Waals surface area contributed by atoms with Gasteiger partial charge in [0.1, 0.15) is 0 Å². The van der Waals surface area contributed by atoms with Gasteiger partial charge in [0.2, 0.25) is 0 Å². The molecule has 6 nitrogen and oxygen atoms in total. The average Bonchev–Trinajstić information content (AvgIpc) is 2.28. The third kappa shape index (κ3) is 2.47. The van der Waals surface area contributed by atoms with Crippen molar-refractivity contribution in [2.75, 3.05) is 13.7 Å². The minimum absolute atomic E-state index is 0.116. The number of ether oxygens (including phenoxy) is 1. The predicted molar refractivity (Wildman–Crippen MR) is 58.3 cm³/mol. The van der Waals surface area contributed by atoms with Crippen molar-refractivity contribution in [3.8, 4) is 5.75 Å². The zero-order chi connectivity index (χ0) is 12.1. The van der Waals surface area contributed by atoms with Crippen LogP contribution in [0.15, 0.2) is 18.2 Å². The molecule has 1 atom stereocenters. The van der Waals surface area contributed by atoms with Gasteiger partial charge in [-0.3, -0.25) is 10.1 Å². The average molecular weight is 226 g/mol. The number of nitrogens with two attached hydrogens (primary N) is 1. The van der Waals surface area contributed by atoms with Gasteiger partial charge in [0.05, 0.1) is 17.6 Å². The molecule has 1 rings (SSSR count). The van der Waals surface area contributed by atoms with E-state index in [0.717, 1.165) is 0 Å². The molecule has 0 amide bonds. The fourth-order valence-electron chi connectivity index (χ4n) is 1.49. The Hall–Kier alpha value is -1.66. The second kappa shape index (κ2) is 5.43. The van der Waals surface area contributed by atoms with Crippen molar-refractivity contribution < 1.29 is 14.8 Å². The van der Waals surface area contributed by atoms with Gasteiger partial charge < -0.3 is 15.6 Å². The Kier molecular flexibility index (Phi) is 4.21. The molecule has 1 aromatic rings. The molecular weight excluding hydrogens is 212 g/mol. The first-order valence-electron chi connectivity index (χ1n) is 4.79. The van der Waals surface area contributed by atoms with E-state index in [1.54, 1.807) is 12.1 Å². The summed E-state index contributed by atoms with van der Waals surface area (Å²) in [7, 11) is 1.36. The van der Waals surface area contributed by atoms with Crippen LogP contribution in [-0.4, -0.2) is 23.7 Å². The van der Waals surface area contributed by atoms with Crippen LogP contribution >= 0.6 is 0 Å². The third-order valence-electron chi connectivity index (χ3n) is 2.27. The number of para-hydroxylation sites is 1. The second-order valence-electron chi connectivity index (χ2n) is 3.27. The molecule has 0 aliphatic heterocycles. The van der Waals surface area contributed by atoms with Gasteiger partial charge in [-0.2, -0.15) is 0 Å². The molecule has 0 aliphatic rings. The SMILES string of the molecule is COc1cccc(C(N)CCO)c1[N+](=O)[O-]. The highest BCUT2D eigenvalue weighted by atomic mass is 16.6. The largest absolute Gasteiger partial charge is 0.490 e. The minimum atomic E-state index is -0.569. The summed E-state index contributed by atoms with van der Waals surface area (Å²) in [5, 5.41) is 19.7. The Morgan fingerprint density at radius 2 is 2.31 bits per heavy atom. The van der Waals surface area contributed by atoms with Crippen molar-refractivity contribution >= 4 is 5.69 Å². The van der Waals surface area contributed by atoms with Gasteiger partial charge in [-0.25, -0.2) is 0 Å². The lowest BCUT2D eigenvalue weighted by Gasteiger charge is -2.12. The molecule has 0 fully saturated rings. The molecule has 0 aromatic heterocycles. The van der Waals surface area contributed by atoms with Crippen LogP contribution in [0.1, 0.15) is 18.0 Å². The first kappa shape index (κ1) is 12.4. The van der Waals surface area contributed by atoms with Crippen LogP contribution in [0.25, 0.3) is 0 Å². The van der Waals surface area contributed by atoms with E-state index >= 15 is 0 Å². The number of nitrogens with zero attached hydrogens (tertiary/aromatic N) is 1. The summed E-state index contributed by atoms with van der Waals surface area (Å²) < 4.78 is 4.92. The van der Waals surface area contributed by atoms with Crippen LogP contribution in [-0.2, 0) is 0 Å². The lowest BCUT2D eigenvalue weighted by atomic mass is 10.0. The fourth-order valence-corrected chi connectivity index (χ4v) is 1.49. The first-order chi connectivity index (χ1) is 7.61. The van der Waals surface area contributed by atoms with Gasteiger partial charge in [-0.05, 0) is 12.5 Å². The summed E-state index contributed by atoms with van der Waals surface area (Å²) in [4.78, 5) is 10.4. The summed E-state index contributed by atoms with van der Waals surface area (Å²) in [5.41, 5.74) is 5.99. The monoisotopic (exact) mass is 226 g/mol. The van der Waals surface area contributed by atoms with Crippen molar-refractivity contribution in [1.82, 2.24) is 0 Å². The van der Waals surface area contributed by atoms with Gasteiger partial charge in [0, 0.05) is 12.6 Å². The number of benzene rings is 1.